The van der Waals surface area contributed by atoms with Gasteiger partial charge in [0.1, 0.15) is 11.5 Å². The average Bonchev–Trinajstić information content (AvgIpc) is 3.28. The second kappa shape index (κ2) is 8.38. The monoisotopic (exact) mass is 421 g/mol. The number of rotatable bonds is 6. The Kier molecular flexibility index (Phi) is 5.49. The molecule has 0 bridgehead atoms. The molecule has 0 spiro atoms. The van der Waals surface area contributed by atoms with E-state index in [0.717, 1.165) is 5.56 Å². The molecule has 7 nitrogen and oxygen atoms in total. The minimum absolute atomic E-state index is 0.234. The van der Waals surface area contributed by atoms with Crippen LogP contribution in [0, 0.1) is 4.77 Å². The number of hydrogen-bond donors (Lipinski definition) is 2. The summed E-state index contributed by atoms with van der Waals surface area (Å²) >= 11 is 5.34. The van der Waals surface area contributed by atoms with Gasteiger partial charge in [-0.05, 0) is 48.6 Å². The first kappa shape index (κ1) is 19.7. The molecule has 0 atom stereocenters. The van der Waals surface area contributed by atoms with Crippen LogP contribution < -0.4 is 15.6 Å². The smallest absolute Gasteiger partial charge is 0.262 e. The van der Waals surface area contributed by atoms with Crippen LogP contribution in [0.1, 0.15) is 21.7 Å². The Labute approximate surface area is 176 Å². The van der Waals surface area contributed by atoms with Crippen molar-refractivity contribution < 1.29 is 13.9 Å². The van der Waals surface area contributed by atoms with Crippen LogP contribution in [0.2, 0.25) is 0 Å². The second-order valence-electron chi connectivity index (χ2n) is 6.66. The van der Waals surface area contributed by atoms with Crippen molar-refractivity contribution in [2.75, 3.05) is 7.11 Å². The third kappa shape index (κ3) is 3.90. The maximum absolute atomic E-state index is 12.9. The molecule has 2 aromatic carbocycles. The number of fused-ring (bicyclic) bond motifs is 1. The van der Waals surface area contributed by atoms with Crippen molar-refractivity contribution in [3.05, 3.63) is 92.9 Å². The Morgan fingerprint density at radius 1 is 1.20 bits per heavy atom. The number of nitrogens with one attached hydrogen (secondary N) is 2. The molecule has 4 rings (SSSR count). The Bertz CT molecular complexity index is 1320. The third-order valence-corrected chi connectivity index (χ3v) is 5.09. The molecule has 2 N–H and O–H groups in total. The quantitative estimate of drug-likeness (QED) is 0.464. The molecule has 0 saturated heterocycles. The van der Waals surface area contributed by atoms with Gasteiger partial charge in [0.25, 0.3) is 11.5 Å². The van der Waals surface area contributed by atoms with Crippen LogP contribution in [-0.2, 0) is 13.1 Å². The summed E-state index contributed by atoms with van der Waals surface area (Å²) in [5.41, 5.74) is 1.55. The summed E-state index contributed by atoms with van der Waals surface area (Å²) in [6.45, 7) is 0.555. The van der Waals surface area contributed by atoms with E-state index >= 15 is 0 Å². The predicted octanol–water partition coefficient (Wildman–Crippen LogP) is 3.64. The molecule has 0 aliphatic carbocycles. The number of methoxy groups -OCH3 is 1. The third-order valence-electron chi connectivity index (χ3n) is 4.77. The van der Waals surface area contributed by atoms with Gasteiger partial charge in [0.2, 0.25) is 0 Å². The Balaban J connectivity index is 1.59. The van der Waals surface area contributed by atoms with E-state index < -0.39 is 0 Å². The van der Waals surface area contributed by atoms with Crippen molar-refractivity contribution in [1.82, 2.24) is 14.9 Å². The van der Waals surface area contributed by atoms with E-state index in [1.165, 1.54) is 4.57 Å². The number of hydrogen-bond acceptors (Lipinski definition) is 5. The Morgan fingerprint density at radius 3 is 2.80 bits per heavy atom. The highest BCUT2D eigenvalue weighted by Crippen LogP contribution is 2.17. The number of aromatic nitrogens is 2. The van der Waals surface area contributed by atoms with Gasteiger partial charge in [-0.2, -0.15) is 0 Å². The van der Waals surface area contributed by atoms with E-state index in [-0.39, 0.29) is 22.8 Å². The van der Waals surface area contributed by atoms with Gasteiger partial charge in [-0.25, -0.2) is 0 Å². The zero-order chi connectivity index (χ0) is 21.1. The number of ether oxygens (including phenoxy) is 1. The number of carbonyl (C=O) groups is 1. The van der Waals surface area contributed by atoms with E-state index in [9.17, 15) is 9.59 Å². The number of furan rings is 1. The molecule has 4 aromatic rings. The number of aromatic amines is 1. The fraction of sp³-hybridized carbons (Fsp3) is 0.136. The SMILES string of the molecule is COc1ccccc1CNC(=O)c1ccc2c(=O)n(Cc3ccco3)c(=S)[nH]c2c1. The lowest BCUT2D eigenvalue weighted by molar-refractivity contribution is 0.0951. The summed E-state index contributed by atoms with van der Waals surface area (Å²) in [6, 6.07) is 15.9. The molecule has 0 fully saturated rings. The van der Waals surface area contributed by atoms with Gasteiger partial charge in [-0.1, -0.05) is 18.2 Å². The maximum Gasteiger partial charge on any atom is 0.262 e. The number of nitrogens with zero attached hydrogens (tertiary/aromatic N) is 1. The fourth-order valence-corrected chi connectivity index (χ4v) is 3.48. The highest BCUT2D eigenvalue weighted by atomic mass is 32.1. The van der Waals surface area contributed by atoms with Gasteiger partial charge in [0, 0.05) is 17.7 Å². The van der Waals surface area contributed by atoms with Gasteiger partial charge >= 0.3 is 0 Å². The molecule has 0 radical (unpaired) electrons. The van der Waals surface area contributed by atoms with Crippen LogP contribution in [0.15, 0.2) is 70.1 Å². The normalized spacial score (nSPS) is 10.8. The maximum atomic E-state index is 12.9. The predicted molar refractivity (Wildman–Crippen MR) is 115 cm³/mol. The lowest BCUT2D eigenvalue weighted by atomic mass is 10.1. The van der Waals surface area contributed by atoms with Crippen LogP contribution in [-0.4, -0.2) is 22.6 Å². The second-order valence-corrected chi connectivity index (χ2v) is 7.04. The molecule has 1 amide bonds. The average molecular weight is 421 g/mol. The highest BCUT2D eigenvalue weighted by molar-refractivity contribution is 7.71. The van der Waals surface area contributed by atoms with Crippen LogP contribution in [0.25, 0.3) is 10.9 Å². The summed E-state index contributed by atoms with van der Waals surface area (Å²) in [7, 11) is 1.59. The van der Waals surface area contributed by atoms with Crippen LogP contribution >= 0.6 is 12.2 Å². The molecule has 8 heteroatoms. The lowest BCUT2D eigenvalue weighted by Gasteiger charge is -2.10. The fourth-order valence-electron chi connectivity index (χ4n) is 3.22. The molecule has 0 aliphatic rings. The first-order valence-electron chi connectivity index (χ1n) is 9.26. The molecule has 0 aliphatic heterocycles. The van der Waals surface area contributed by atoms with Crippen LogP contribution in [0.3, 0.4) is 0 Å². The summed E-state index contributed by atoms with van der Waals surface area (Å²) < 4.78 is 12.3. The number of H-pyrrole nitrogens is 1. The van der Waals surface area contributed by atoms with Crippen LogP contribution in [0.4, 0.5) is 0 Å². The van der Waals surface area contributed by atoms with Gasteiger partial charge < -0.3 is 19.5 Å². The number of benzene rings is 2. The minimum atomic E-state index is -0.262. The molecular weight excluding hydrogens is 402 g/mol. The highest BCUT2D eigenvalue weighted by Gasteiger charge is 2.12. The summed E-state index contributed by atoms with van der Waals surface area (Å²) in [5.74, 6) is 1.07. The van der Waals surface area contributed by atoms with Crippen molar-refractivity contribution >= 4 is 29.0 Å². The summed E-state index contributed by atoms with van der Waals surface area (Å²) in [5, 5.41) is 3.31. The molecule has 0 unspecified atom stereocenters. The van der Waals surface area contributed by atoms with Gasteiger partial charge in [-0.3, -0.25) is 14.2 Å². The zero-order valence-electron chi connectivity index (χ0n) is 16.2. The van der Waals surface area contributed by atoms with Crippen molar-refractivity contribution in [1.29, 1.82) is 0 Å². The number of carbonyl (C=O) groups excluding carboxylic acids is 1. The van der Waals surface area contributed by atoms with Crippen molar-refractivity contribution in [3.63, 3.8) is 0 Å². The Hall–Kier alpha value is -3.65. The van der Waals surface area contributed by atoms with E-state index in [0.29, 0.717) is 34.5 Å². The molecule has 0 saturated carbocycles. The van der Waals surface area contributed by atoms with Crippen LogP contribution in [0.5, 0.6) is 5.75 Å². The van der Waals surface area contributed by atoms with Gasteiger partial charge in [0.15, 0.2) is 4.77 Å². The summed E-state index contributed by atoms with van der Waals surface area (Å²) in [4.78, 5) is 28.5. The summed E-state index contributed by atoms with van der Waals surface area (Å²) in [6.07, 6.45) is 1.55. The van der Waals surface area contributed by atoms with Crippen molar-refractivity contribution in [3.8, 4) is 5.75 Å². The molecule has 30 heavy (non-hydrogen) atoms. The number of amides is 1. The van der Waals surface area contributed by atoms with Gasteiger partial charge in [-0.15, -0.1) is 0 Å². The first-order chi connectivity index (χ1) is 14.6. The van der Waals surface area contributed by atoms with E-state index in [1.54, 1.807) is 43.7 Å². The molecular formula is C22H19N3O4S. The van der Waals surface area contributed by atoms with Crippen molar-refractivity contribution in [2.45, 2.75) is 13.1 Å². The molecule has 2 heterocycles. The standard InChI is InChI=1S/C22H19N3O4S/c1-28-19-7-3-2-5-15(19)12-23-20(26)14-8-9-17-18(11-14)24-22(30)25(21(17)27)13-16-6-4-10-29-16/h2-11H,12-13H2,1H3,(H,23,26)(H,24,30). The van der Waals surface area contributed by atoms with Crippen molar-refractivity contribution in [2.24, 2.45) is 0 Å². The molecule has 152 valence electrons. The molecule has 2 aromatic heterocycles. The van der Waals surface area contributed by atoms with E-state index in [1.807, 2.05) is 24.3 Å². The van der Waals surface area contributed by atoms with E-state index in [2.05, 4.69) is 10.3 Å². The largest absolute Gasteiger partial charge is 0.496 e. The topological polar surface area (TPSA) is 89.3 Å². The van der Waals surface area contributed by atoms with Gasteiger partial charge in [0.05, 0.1) is 30.8 Å². The zero-order valence-corrected chi connectivity index (χ0v) is 17.0. The Morgan fingerprint density at radius 2 is 2.03 bits per heavy atom. The first-order valence-corrected chi connectivity index (χ1v) is 9.67. The number of para-hydroxylation sites is 1. The minimum Gasteiger partial charge on any atom is -0.496 e. The van der Waals surface area contributed by atoms with E-state index in [4.69, 9.17) is 21.4 Å². The lowest BCUT2D eigenvalue weighted by Crippen LogP contribution is -2.24.